The van der Waals surface area contributed by atoms with Crippen LogP contribution in [0, 0.1) is 23.7 Å². The molecule has 1 N–H and O–H groups in total. The number of carbonyl (C=O) groups excluding carboxylic acids is 1. The predicted molar refractivity (Wildman–Crippen MR) is 96.8 cm³/mol. The summed E-state index contributed by atoms with van der Waals surface area (Å²) in [6.45, 7) is 1.57. The van der Waals surface area contributed by atoms with Crippen molar-refractivity contribution >= 4 is 5.91 Å². The SMILES string of the molecule is O=C(CN1CCCC1c1cccnc1)NC1C2CC3CC(C2)CC1C3. The highest BCUT2D eigenvalue weighted by Crippen LogP contribution is 2.53. The summed E-state index contributed by atoms with van der Waals surface area (Å²) in [5.74, 6) is 3.68. The van der Waals surface area contributed by atoms with Gasteiger partial charge in [0.05, 0.1) is 6.54 Å². The molecule has 5 aliphatic rings. The van der Waals surface area contributed by atoms with E-state index in [0.717, 1.165) is 36.6 Å². The van der Waals surface area contributed by atoms with E-state index in [1.165, 1.54) is 44.1 Å². The minimum absolute atomic E-state index is 0.244. The summed E-state index contributed by atoms with van der Waals surface area (Å²) in [7, 11) is 0. The first kappa shape index (κ1) is 15.8. The fourth-order valence-corrected chi connectivity index (χ4v) is 6.54. The Hall–Kier alpha value is -1.42. The van der Waals surface area contributed by atoms with Gasteiger partial charge >= 0.3 is 0 Å². The van der Waals surface area contributed by atoms with Crippen molar-refractivity contribution in [2.75, 3.05) is 13.1 Å². The van der Waals surface area contributed by atoms with Crippen molar-refractivity contribution in [3.05, 3.63) is 30.1 Å². The lowest BCUT2D eigenvalue weighted by molar-refractivity contribution is -0.126. The summed E-state index contributed by atoms with van der Waals surface area (Å²) in [5, 5.41) is 3.46. The van der Waals surface area contributed by atoms with E-state index < -0.39 is 0 Å². The molecule has 25 heavy (non-hydrogen) atoms. The topological polar surface area (TPSA) is 45.2 Å². The molecule has 1 aromatic rings. The van der Waals surface area contributed by atoms with Crippen molar-refractivity contribution in [2.45, 2.75) is 57.0 Å². The molecule has 4 bridgehead atoms. The minimum atomic E-state index is 0.244. The van der Waals surface area contributed by atoms with E-state index in [1.807, 2.05) is 18.5 Å². The molecule has 6 rings (SSSR count). The van der Waals surface area contributed by atoms with Crippen molar-refractivity contribution in [2.24, 2.45) is 23.7 Å². The standard InChI is InChI=1S/C21H29N3O/c25-20(13-24-6-2-4-19(24)16-3-1-5-22-12-16)23-21-17-8-14-7-15(10-17)11-18(21)9-14/h1,3,5,12,14-15,17-19,21H,2,4,6-11,13H2,(H,23,25). The molecule has 5 fully saturated rings. The van der Waals surface area contributed by atoms with Crippen LogP contribution < -0.4 is 5.32 Å². The van der Waals surface area contributed by atoms with Crippen molar-refractivity contribution in [3.8, 4) is 0 Å². The van der Waals surface area contributed by atoms with Gasteiger partial charge in [0, 0.05) is 24.5 Å². The number of likely N-dealkylation sites (tertiary alicyclic amines) is 1. The number of nitrogens with one attached hydrogen (secondary N) is 1. The van der Waals surface area contributed by atoms with E-state index in [-0.39, 0.29) is 5.91 Å². The van der Waals surface area contributed by atoms with E-state index in [0.29, 0.717) is 18.6 Å². The molecule has 2 heterocycles. The third-order valence-corrected chi connectivity index (χ3v) is 7.33. The number of aromatic nitrogens is 1. The maximum Gasteiger partial charge on any atom is 0.234 e. The van der Waals surface area contributed by atoms with E-state index >= 15 is 0 Å². The van der Waals surface area contributed by atoms with Crippen LogP contribution in [0.4, 0.5) is 0 Å². The molecule has 4 aliphatic carbocycles. The normalized spacial score (nSPS) is 39.7. The summed E-state index contributed by atoms with van der Waals surface area (Å²) in [6, 6.07) is 4.96. The monoisotopic (exact) mass is 339 g/mol. The van der Waals surface area contributed by atoms with Gasteiger partial charge < -0.3 is 5.32 Å². The molecule has 4 heteroatoms. The summed E-state index contributed by atoms with van der Waals surface area (Å²) in [6.07, 6.45) is 13.0. The molecule has 1 unspecified atom stereocenters. The van der Waals surface area contributed by atoms with Crippen molar-refractivity contribution in [1.82, 2.24) is 15.2 Å². The maximum absolute atomic E-state index is 12.8. The van der Waals surface area contributed by atoms with Gasteiger partial charge in [-0.1, -0.05) is 6.07 Å². The number of carbonyl (C=O) groups is 1. The predicted octanol–water partition coefficient (Wildman–Crippen LogP) is 3.16. The highest BCUT2D eigenvalue weighted by molar-refractivity contribution is 5.78. The second-order valence-corrected chi connectivity index (χ2v) is 8.94. The Morgan fingerprint density at radius 3 is 2.60 bits per heavy atom. The molecule has 0 radical (unpaired) electrons. The van der Waals surface area contributed by atoms with Crippen molar-refractivity contribution in [1.29, 1.82) is 0 Å². The van der Waals surface area contributed by atoms with E-state index in [9.17, 15) is 4.79 Å². The van der Waals surface area contributed by atoms with Crippen LogP contribution in [0.3, 0.4) is 0 Å². The van der Waals surface area contributed by atoms with E-state index in [1.54, 1.807) is 0 Å². The molecule has 1 saturated heterocycles. The summed E-state index contributed by atoms with van der Waals surface area (Å²) < 4.78 is 0. The van der Waals surface area contributed by atoms with Crippen LogP contribution in [0.15, 0.2) is 24.5 Å². The summed E-state index contributed by atoms with van der Waals surface area (Å²) in [4.78, 5) is 19.4. The van der Waals surface area contributed by atoms with E-state index in [4.69, 9.17) is 0 Å². The Morgan fingerprint density at radius 2 is 1.92 bits per heavy atom. The Kier molecular flexibility index (Phi) is 4.04. The first-order valence-corrected chi connectivity index (χ1v) is 10.2. The van der Waals surface area contributed by atoms with Gasteiger partial charge in [0.15, 0.2) is 0 Å². The van der Waals surface area contributed by atoms with E-state index in [2.05, 4.69) is 21.3 Å². The van der Waals surface area contributed by atoms with Gasteiger partial charge in [-0.05, 0) is 86.8 Å². The molecule has 4 nitrogen and oxygen atoms in total. The molecule has 1 aromatic heterocycles. The smallest absolute Gasteiger partial charge is 0.234 e. The van der Waals surface area contributed by atoms with Crippen LogP contribution in [-0.4, -0.2) is 34.9 Å². The zero-order valence-corrected chi connectivity index (χ0v) is 14.9. The second-order valence-electron chi connectivity index (χ2n) is 8.94. The minimum Gasteiger partial charge on any atom is -0.352 e. The number of nitrogens with zero attached hydrogens (tertiary/aromatic N) is 2. The molecule has 134 valence electrons. The van der Waals surface area contributed by atoms with Crippen LogP contribution in [-0.2, 0) is 4.79 Å². The largest absolute Gasteiger partial charge is 0.352 e. The number of pyridine rings is 1. The van der Waals surface area contributed by atoms with Gasteiger partial charge in [-0.15, -0.1) is 0 Å². The maximum atomic E-state index is 12.8. The lowest BCUT2D eigenvalue weighted by Gasteiger charge is -2.54. The third kappa shape index (κ3) is 2.99. The number of amides is 1. The molecule has 0 aromatic carbocycles. The number of hydrogen-bond acceptors (Lipinski definition) is 3. The van der Waals surface area contributed by atoms with Gasteiger partial charge in [-0.2, -0.15) is 0 Å². The quantitative estimate of drug-likeness (QED) is 0.916. The summed E-state index contributed by atoms with van der Waals surface area (Å²) in [5.41, 5.74) is 1.25. The van der Waals surface area contributed by atoms with Crippen molar-refractivity contribution in [3.63, 3.8) is 0 Å². The molecule has 1 aliphatic heterocycles. The summed E-state index contributed by atoms with van der Waals surface area (Å²) >= 11 is 0. The Bertz CT molecular complexity index is 603. The van der Waals surface area contributed by atoms with Crippen molar-refractivity contribution < 1.29 is 4.79 Å². The fraction of sp³-hybridized carbons (Fsp3) is 0.714. The van der Waals surface area contributed by atoms with Gasteiger partial charge in [-0.3, -0.25) is 14.7 Å². The zero-order valence-electron chi connectivity index (χ0n) is 14.9. The van der Waals surface area contributed by atoms with Gasteiger partial charge in [0.2, 0.25) is 5.91 Å². The van der Waals surface area contributed by atoms with Gasteiger partial charge in [-0.25, -0.2) is 0 Å². The Balaban J connectivity index is 1.22. The zero-order chi connectivity index (χ0) is 16.8. The second kappa shape index (κ2) is 6.39. The number of hydrogen-bond donors (Lipinski definition) is 1. The van der Waals surface area contributed by atoms with Crippen LogP contribution in [0.5, 0.6) is 0 Å². The fourth-order valence-electron chi connectivity index (χ4n) is 6.54. The molecule has 4 saturated carbocycles. The molecular weight excluding hydrogens is 310 g/mol. The van der Waals surface area contributed by atoms with Gasteiger partial charge in [0.1, 0.15) is 0 Å². The average Bonchev–Trinajstić information content (AvgIpc) is 3.06. The molecule has 0 spiro atoms. The number of rotatable bonds is 4. The third-order valence-electron chi connectivity index (χ3n) is 7.33. The molecular formula is C21H29N3O. The van der Waals surface area contributed by atoms with Gasteiger partial charge in [0.25, 0.3) is 0 Å². The Morgan fingerprint density at radius 1 is 1.16 bits per heavy atom. The lowest BCUT2D eigenvalue weighted by atomic mass is 9.54. The highest BCUT2D eigenvalue weighted by atomic mass is 16.2. The highest BCUT2D eigenvalue weighted by Gasteiger charge is 2.48. The average molecular weight is 339 g/mol. The lowest BCUT2D eigenvalue weighted by Crippen LogP contribution is -2.57. The van der Waals surface area contributed by atoms with Crippen LogP contribution in [0.1, 0.15) is 56.6 Å². The van der Waals surface area contributed by atoms with Crippen LogP contribution in [0.2, 0.25) is 0 Å². The Labute approximate surface area is 150 Å². The molecule has 1 amide bonds. The van der Waals surface area contributed by atoms with Crippen LogP contribution in [0.25, 0.3) is 0 Å². The molecule has 1 atom stereocenters. The first-order valence-electron chi connectivity index (χ1n) is 10.2. The van der Waals surface area contributed by atoms with Crippen LogP contribution >= 0.6 is 0 Å². The first-order chi connectivity index (χ1) is 12.3.